The van der Waals surface area contributed by atoms with Crippen molar-refractivity contribution in [1.29, 1.82) is 0 Å². The van der Waals surface area contributed by atoms with Gasteiger partial charge in [-0.05, 0) is 115 Å². The third-order valence-electron chi connectivity index (χ3n) is 15.3. The third kappa shape index (κ3) is 7.65. The van der Waals surface area contributed by atoms with E-state index in [9.17, 15) is 0 Å². The van der Waals surface area contributed by atoms with Crippen molar-refractivity contribution in [3.8, 4) is 90.6 Å². The van der Waals surface area contributed by atoms with Crippen molar-refractivity contribution in [1.82, 2.24) is 49.8 Å². The first-order valence-electron chi connectivity index (χ1n) is 26.4. The molecule has 0 saturated carbocycles. The lowest BCUT2D eigenvalue weighted by Gasteiger charge is -2.21. The van der Waals surface area contributed by atoms with Crippen LogP contribution in [0.5, 0.6) is 0 Å². The summed E-state index contributed by atoms with van der Waals surface area (Å²) in [5.74, 6) is 3.20. The van der Waals surface area contributed by atoms with Crippen LogP contribution < -0.4 is 0 Å². The van der Waals surface area contributed by atoms with Crippen molar-refractivity contribution in [2.24, 2.45) is 0 Å². The van der Waals surface area contributed by atoms with Crippen LogP contribution in [-0.4, -0.2) is 49.8 Å². The third-order valence-corrected chi connectivity index (χ3v) is 15.3. The van der Waals surface area contributed by atoms with E-state index in [0.717, 1.165) is 132 Å². The number of pyridine rings is 4. The summed E-state index contributed by atoms with van der Waals surface area (Å²) in [7, 11) is 0. The van der Waals surface area contributed by atoms with Crippen LogP contribution in [0.3, 0.4) is 0 Å². The van der Waals surface area contributed by atoms with Crippen LogP contribution >= 0.6 is 0 Å². The summed E-state index contributed by atoms with van der Waals surface area (Å²) in [4.78, 5) is 51.1. The van der Waals surface area contributed by atoms with E-state index in [-0.39, 0.29) is 0 Å². The molecule has 10 aromatic carbocycles. The lowest BCUT2D eigenvalue weighted by molar-refractivity contribution is 1.08. The molecule has 0 bridgehead atoms. The molecule has 10 nitrogen and oxygen atoms in total. The Morgan fingerprint density at radius 1 is 0.200 bits per heavy atom. The molecule has 0 aliphatic carbocycles. The Bertz CT molecular complexity index is 4630. The van der Waals surface area contributed by atoms with Gasteiger partial charge in [0.1, 0.15) is 0 Å². The highest BCUT2D eigenvalue weighted by atomic mass is 15.0. The van der Waals surface area contributed by atoms with Gasteiger partial charge in [-0.1, -0.05) is 158 Å². The molecule has 0 aliphatic heterocycles. The van der Waals surface area contributed by atoms with Crippen molar-refractivity contribution >= 4 is 75.9 Å². The fraction of sp³-hybridized carbons (Fsp3) is 0. The summed E-state index contributed by atoms with van der Waals surface area (Å²) >= 11 is 0. The number of fused-ring (bicyclic) bond motifs is 4. The summed E-state index contributed by atoms with van der Waals surface area (Å²) < 4.78 is 0. The van der Waals surface area contributed by atoms with Crippen LogP contribution in [0.2, 0.25) is 0 Å². The van der Waals surface area contributed by atoms with Crippen LogP contribution in [0.15, 0.2) is 243 Å². The van der Waals surface area contributed by atoms with E-state index >= 15 is 0 Å². The highest BCUT2D eigenvalue weighted by Gasteiger charge is 2.25. The maximum absolute atomic E-state index is 5.43. The van der Waals surface area contributed by atoms with Gasteiger partial charge in [-0.25, -0.2) is 29.9 Å². The zero-order valence-corrected chi connectivity index (χ0v) is 42.6. The summed E-state index contributed by atoms with van der Waals surface area (Å²) in [6, 6.07) is 75.4. The maximum atomic E-state index is 5.43. The molecule has 6 heterocycles. The number of benzene rings is 10. The number of aromatic nitrogens is 10. The van der Waals surface area contributed by atoms with Gasteiger partial charge in [-0.3, -0.25) is 19.9 Å². The molecule has 0 amide bonds. The molecule has 0 saturated heterocycles. The SMILES string of the molecule is c1ccc(-c2cc(-c3nc(-c4ccc5cccnc5c4)nc(-c4ccc5cccnc5c4)n3)c3ccc4c(-c5ccccc5)cc(-c5nc(-c6ccc7cccnc7c6)nc(-c6ccc7cccnc7c6)n5)c5ccc2c3c45)cc1. The highest BCUT2D eigenvalue weighted by Crippen LogP contribution is 2.48. The Kier molecular flexibility index (Phi) is 10.3. The predicted octanol–water partition coefficient (Wildman–Crippen LogP) is 16.5. The summed E-state index contributed by atoms with van der Waals surface area (Å²) in [5.41, 5.74) is 12.6. The van der Waals surface area contributed by atoms with Gasteiger partial charge in [-0.15, -0.1) is 0 Å². The van der Waals surface area contributed by atoms with Gasteiger partial charge >= 0.3 is 0 Å². The van der Waals surface area contributed by atoms with E-state index in [1.807, 2.05) is 49.1 Å². The van der Waals surface area contributed by atoms with Gasteiger partial charge < -0.3 is 0 Å². The van der Waals surface area contributed by atoms with Crippen LogP contribution in [-0.2, 0) is 0 Å². The van der Waals surface area contributed by atoms with E-state index in [0.29, 0.717) is 34.9 Å². The smallest absolute Gasteiger partial charge is 0.164 e. The van der Waals surface area contributed by atoms with E-state index < -0.39 is 0 Å². The Hall–Kier alpha value is -11.1. The van der Waals surface area contributed by atoms with Crippen molar-refractivity contribution in [3.05, 3.63) is 243 Å². The zero-order valence-electron chi connectivity index (χ0n) is 42.6. The van der Waals surface area contributed by atoms with Gasteiger partial charge in [0.15, 0.2) is 34.9 Å². The molecular formula is C70H40N10. The standard InChI is InChI=1S/C70H40N10/c1-3-11-41(12-4-1)55-39-57(69-77-65(47-23-19-43-15-7-31-71-59(43)35-47)75-66(78-69)48-24-20-44-16-8-32-72-60(44)36-48)53-30-28-52-56(42-13-5-2-6-14-42)40-58(54-29-27-51(55)63(53)64(52)54)70-79-67(49-25-21-45-17-9-33-73-61(45)37-49)76-68(80-70)50-26-22-46-18-10-34-74-62(46)38-50/h1-40H. The Morgan fingerprint density at radius 3 is 0.800 bits per heavy atom. The van der Waals surface area contributed by atoms with Crippen molar-refractivity contribution in [2.75, 3.05) is 0 Å². The largest absolute Gasteiger partial charge is 0.256 e. The lowest BCUT2D eigenvalue weighted by atomic mass is 9.83. The molecule has 0 atom stereocenters. The number of hydrogen-bond acceptors (Lipinski definition) is 10. The van der Waals surface area contributed by atoms with E-state index in [4.69, 9.17) is 49.8 Å². The van der Waals surface area contributed by atoms with E-state index in [2.05, 4.69) is 194 Å². The minimum atomic E-state index is 0.533. The molecule has 0 spiro atoms. The topological polar surface area (TPSA) is 129 Å². The molecule has 16 rings (SSSR count). The molecule has 80 heavy (non-hydrogen) atoms. The summed E-state index contributed by atoms with van der Waals surface area (Å²) in [6.45, 7) is 0. The monoisotopic (exact) mass is 1020 g/mol. The fourth-order valence-corrected chi connectivity index (χ4v) is 11.4. The molecule has 0 radical (unpaired) electrons. The molecule has 0 unspecified atom stereocenters. The molecule has 6 aromatic heterocycles. The van der Waals surface area contributed by atoms with Gasteiger partial charge in [0.2, 0.25) is 0 Å². The average Bonchev–Trinajstić information content (AvgIpc) is 3.70. The van der Waals surface area contributed by atoms with Crippen molar-refractivity contribution in [2.45, 2.75) is 0 Å². The molecular weight excluding hydrogens is 981 g/mol. The second kappa shape index (κ2) is 18.3. The second-order valence-electron chi connectivity index (χ2n) is 20.0. The number of hydrogen-bond donors (Lipinski definition) is 0. The van der Waals surface area contributed by atoms with Crippen molar-refractivity contribution in [3.63, 3.8) is 0 Å². The van der Waals surface area contributed by atoms with Gasteiger partial charge in [0, 0.05) is 79.7 Å². The Morgan fingerprint density at radius 2 is 0.487 bits per heavy atom. The molecule has 370 valence electrons. The van der Waals surface area contributed by atoms with Crippen LogP contribution in [0, 0.1) is 0 Å². The predicted molar refractivity (Wildman–Crippen MR) is 322 cm³/mol. The first kappa shape index (κ1) is 45.1. The zero-order chi connectivity index (χ0) is 52.7. The second-order valence-corrected chi connectivity index (χ2v) is 20.0. The van der Waals surface area contributed by atoms with Gasteiger partial charge in [-0.2, -0.15) is 0 Å². The van der Waals surface area contributed by atoms with Crippen LogP contribution in [0.25, 0.3) is 167 Å². The summed E-state index contributed by atoms with van der Waals surface area (Å²) in [6.07, 6.45) is 7.25. The van der Waals surface area contributed by atoms with Gasteiger partial charge in [0.25, 0.3) is 0 Å². The number of rotatable bonds is 8. The minimum absolute atomic E-state index is 0.533. The van der Waals surface area contributed by atoms with E-state index in [1.54, 1.807) is 0 Å². The quantitative estimate of drug-likeness (QED) is 0.136. The molecule has 0 N–H and O–H groups in total. The highest BCUT2D eigenvalue weighted by molar-refractivity contribution is 6.31. The molecule has 16 aromatic rings. The number of nitrogens with zero attached hydrogens (tertiary/aromatic N) is 10. The van der Waals surface area contributed by atoms with Crippen molar-refractivity contribution < 1.29 is 0 Å². The Balaban J connectivity index is 0.996. The molecule has 10 heteroatoms. The molecule has 0 aliphatic rings. The van der Waals surface area contributed by atoms with Gasteiger partial charge in [0.05, 0.1) is 22.1 Å². The fourth-order valence-electron chi connectivity index (χ4n) is 11.4. The minimum Gasteiger partial charge on any atom is -0.256 e. The van der Waals surface area contributed by atoms with Crippen LogP contribution in [0.4, 0.5) is 0 Å². The average molecular weight is 1020 g/mol. The lowest BCUT2D eigenvalue weighted by Crippen LogP contribution is -2.03. The normalized spacial score (nSPS) is 11.8. The first-order chi connectivity index (χ1) is 39.6. The maximum Gasteiger partial charge on any atom is 0.164 e. The van der Waals surface area contributed by atoms with Crippen LogP contribution in [0.1, 0.15) is 0 Å². The molecule has 0 fully saturated rings. The first-order valence-corrected chi connectivity index (χ1v) is 26.4. The summed E-state index contributed by atoms with van der Waals surface area (Å²) in [5, 5.41) is 10.4. The van der Waals surface area contributed by atoms with E-state index in [1.165, 1.54) is 0 Å². The Labute approximate surface area is 457 Å².